The highest BCUT2D eigenvalue weighted by molar-refractivity contribution is 8.18. The maximum absolute atomic E-state index is 13.3. The quantitative estimate of drug-likeness (QED) is 0.209. The normalized spacial score (nSPS) is 27.3. The lowest BCUT2D eigenvalue weighted by Gasteiger charge is -2.43. The molecule has 1 amide bonds. The third kappa shape index (κ3) is 10.4. The van der Waals surface area contributed by atoms with Crippen molar-refractivity contribution in [2.75, 3.05) is 64.8 Å². The average molecular weight is 666 g/mol. The van der Waals surface area contributed by atoms with Gasteiger partial charge in [-0.2, -0.15) is 0 Å². The minimum absolute atomic E-state index is 0.0413. The number of methoxy groups -OCH3 is 3. The molecule has 10 heteroatoms. The number of likely N-dealkylation sites (N-methyl/N-ethyl adjacent to an activating group) is 1. The Bertz CT molecular complexity index is 1210. The number of nitrogens with zero attached hydrogens (tertiary/aromatic N) is 1. The van der Waals surface area contributed by atoms with Crippen molar-refractivity contribution in [3.63, 3.8) is 0 Å². The molecule has 2 aliphatic rings. The molecular formula is C34H48ClNO6S2. The third-order valence-corrected chi connectivity index (χ3v) is 11.5. The molecule has 0 aromatic heterocycles. The van der Waals surface area contributed by atoms with Crippen LogP contribution in [0.5, 0.6) is 5.75 Å². The molecule has 2 bridgehead atoms. The first-order valence-electron chi connectivity index (χ1n) is 15.0. The first-order valence-corrected chi connectivity index (χ1v) is 17.3. The van der Waals surface area contributed by atoms with Crippen molar-refractivity contribution in [1.82, 2.24) is 0 Å². The van der Waals surface area contributed by atoms with E-state index in [0.29, 0.717) is 36.1 Å². The highest BCUT2D eigenvalue weighted by atomic mass is 35.5. The fourth-order valence-electron chi connectivity index (χ4n) is 5.25. The fourth-order valence-corrected chi connectivity index (χ4v) is 9.09. The monoisotopic (exact) mass is 665 g/mol. The van der Waals surface area contributed by atoms with Crippen molar-refractivity contribution in [3.05, 3.63) is 70.3 Å². The van der Waals surface area contributed by atoms with Gasteiger partial charge in [0.2, 0.25) is 0 Å². The van der Waals surface area contributed by atoms with Crippen LogP contribution in [0.15, 0.2) is 59.7 Å². The molecular weight excluding hydrogens is 618 g/mol. The minimum atomic E-state index is -0.228. The zero-order valence-electron chi connectivity index (χ0n) is 27.1. The van der Waals surface area contributed by atoms with Crippen molar-refractivity contribution in [1.29, 1.82) is 0 Å². The summed E-state index contributed by atoms with van der Waals surface area (Å²) in [5, 5.41) is 0.400. The Morgan fingerprint density at radius 1 is 1.09 bits per heavy atom. The van der Waals surface area contributed by atoms with Crippen LogP contribution < -0.4 is 9.64 Å². The predicted octanol–water partition coefficient (Wildman–Crippen LogP) is 7.49. The van der Waals surface area contributed by atoms with Gasteiger partial charge in [0, 0.05) is 39.7 Å². The number of benzene rings is 1. The Kier molecular flexibility index (Phi) is 15.4. The summed E-state index contributed by atoms with van der Waals surface area (Å²) in [6, 6.07) is 3.88. The van der Waals surface area contributed by atoms with Crippen LogP contribution in [-0.4, -0.2) is 82.1 Å². The molecule has 0 N–H and O–H groups in total. The van der Waals surface area contributed by atoms with Gasteiger partial charge in [-0.25, -0.2) is 0 Å². The van der Waals surface area contributed by atoms with Crippen molar-refractivity contribution >= 4 is 46.7 Å². The molecule has 1 aromatic rings. The zero-order chi connectivity index (χ0) is 32.1. The van der Waals surface area contributed by atoms with Gasteiger partial charge >= 0.3 is 0 Å². The number of carbonyl (C=O) groups excluding carboxylic acids is 1. The van der Waals surface area contributed by atoms with Crippen molar-refractivity contribution in [2.45, 2.75) is 56.3 Å². The Labute approximate surface area is 277 Å². The molecule has 1 saturated heterocycles. The Hall–Kier alpha value is -1.72. The standard InChI is InChI=1S/C34H48ClNO6S2/c1-24-10-8-11-31(40-7)34(43-16-9-17-44-34)22-30(42-23-41-15-14-38-5)26(3)18-25(2)12-13-32(37)36(4)28-20-27(19-24)21-29(39-6)33(28)35/h8,10-13,18,20-21,26,30-31H,9,14-17,19,22-23H2,1-7H3/b11-8+,13-12+,24-10+,25-18+/t26-,30-,31+/m0/s1. The molecule has 244 valence electrons. The van der Waals surface area contributed by atoms with Crippen LogP contribution in [0.3, 0.4) is 0 Å². The summed E-state index contributed by atoms with van der Waals surface area (Å²) in [5.74, 6) is 2.52. The molecule has 3 atom stereocenters. The van der Waals surface area contributed by atoms with Crippen molar-refractivity contribution < 1.29 is 28.5 Å². The van der Waals surface area contributed by atoms with E-state index in [2.05, 4.69) is 38.2 Å². The lowest BCUT2D eigenvalue weighted by atomic mass is 9.95. The van der Waals surface area contributed by atoms with Crippen LogP contribution in [0.4, 0.5) is 5.69 Å². The predicted molar refractivity (Wildman–Crippen MR) is 185 cm³/mol. The van der Waals surface area contributed by atoms with Crippen molar-refractivity contribution in [2.24, 2.45) is 5.92 Å². The maximum atomic E-state index is 13.3. The second-order valence-corrected chi connectivity index (χ2v) is 14.6. The van der Waals surface area contributed by atoms with E-state index < -0.39 is 0 Å². The maximum Gasteiger partial charge on any atom is 0.250 e. The molecule has 0 unspecified atom stereocenters. The van der Waals surface area contributed by atoms with Gasteiger partial charge in [0.1, 0.15) is 17.6 Å². The van der Waals surface area contributed by atoms with E-state index in [1.807, 2.05) is 48.7 Å². The minimum Gasteiger partial charge on any atom is -0.495 e. The number of fused-ring (bicyclic) bond motifs is 2. The van der Waals surface area contributed by atoms with Gasteiger partial charge in [0.05, 0.1) is 42.3 Å². The molecule has 7 nitrogen and oxygen atoms in total. The van der Waals surface area contributed by atoms with E-state index >= 15 is 0 Å². The molecule has 2 aliphatic heterocycles. The summed E-state index contributed by atoms with van der Waals surface area (Å²) in [4.78, 5) is 14.8. The molecule has 2 heterocycles. The van der Waals surface area contributed by atoms with Crippen LogP contribution in [-0.2, 0) is 30.2 Å². The first kappa shape index (κ1) is 36.7. The molecule has 0 saturated carbocycles. The van der Waals surface area contributed by atoms with Gasteiger partial charge in [-0.15, -0.1) is 23.5 Å². The number of ether oxygens (including phenoxy) is 5. The number of hydrogen-bond donors (Lipinski definition) is 0. The SMILES string of the molecule is COCCOCO[C@H]1CC2(SCCCS2)[C@H](OC)/C=C/C=C(\C)Cc2cc(OC)c(Cl)c(c2)N(C)C(=O)/C=C/C(C)=C/[C@@H]1C. The summed E-state index contributed by atoms with van der Waals surface area (Å²) in [6.45, 7) is 7.40. The third-order valence-electron chi connectivity index (χ3n) is 7.69. The highest BCUT2D eigenvalue weighted by Crippen LogP contribution is 2.50. The van der Waals surface area contributed by atoms with Gasteiger partial charge in [-0.1, -0.05) is 60.1 Å². The largest absolute Gasteiger partial charge is 0.495 e. The van der Waals surface area contributed by atoms with E-state index in [0.717, 1.165) is 41.1 Å². The number of hydrogen-bond acceptors (Lipinski definition) is 8. The summed E-state index contributed by atoms with van der Waals surface area (Å²) >= 11 is 10.6. The highest BCUT2D eigenvalue weighted by Gasteiger charge is 2.43. The second kappa shape index (κ2) is 18.4. The molecule has 1 fully saturated rings. The summed E-state index contributed by atoms with van der Waals surface area (Å²) < 4.78 is 28.8. The number of thioether (sulfide) groups is 2. The van der Waals surface area contributed by atoms with Crippen LogP contribution in [0.2, 0.25) is 5.02 Å². The van der Waals surface area contributed by atoms with Gasteiger partial charge in [0.15, 0.2) is 0 Å². The number of anilines is 1. The number of rotatable bonds is 8. The zero-order valence-corrected chi connectivity index (χ0v) is 29.5. The van der Waals surface area contributed by atoms with E-state index in [9.17, 15) is 4.79 Å². The molecule has 1 aromatic carbocycles. The Morgan fingerprint density at radius 2 is 1.84 bits per heavy atom. The fraction of sp³-hybridized carbons (Fsp3) is 0.559. The lowest BCUT2D eigenvalue weighted by molar-refractivity contribution is -0.113. The Balaban J connectivity index is 2.06. The van der Waals surface area contributed by atoms with Crippen LogP contribution in [0, 0.1) is 5.92 Å². The van der Waals surface area contributed by atoms with Crippen molar-refractivity contribution in [3.8, 4) is 5.75 Å². The summed E-state index contributed by atoms with van der Waals surface area (Å²) in [6.07, 6.45) is 14.3. The topological polar surface area (TPSA) is 66.5 Å². The molecule has 0 aliphatic carbocycles. The van der Waals surface area contributed by atoms with Crippen LogP contribution in [0.1, 0.15) is 39.2 Å². The average Bonchev–Trinajstić information content (AvgIpc) is 3.01. The second-order valence-electron chi connectivity index (χ2n) is 11.2. The van der Waals surface area contributed by atoms with Crippen LogP contribution >= 0.6 is 35.1 Å². The van der Waals surface area contributed by atoms with Gasteiger partial charge < -0.3 is 28.6 Å². The number of allylic oxidation sites excluding steroid dienone is 5. The summed E-state index contributed by atoms with van der Waals surface area (Å²) in [5.41, 5.74) is 3.71. The van der Waals surface area contributed by atoms with Gasteiger partial charge in [-0.3, -0.25) is 4.79 Å². The van der Waals surface area contributed by atoms with E-state index in [4.69, 9.17) is 35.3 Å². The van der Waals surface area contributed by atoms with E-state index in [1.54, 1.807) is 39.4 Å². The van der Waals surface area contributed by atoms with E-state index in [-0.39, 0.29) is 34.9 Å². The number of halogens is 1. The first-order chi connectivity index (χ1) is 21.1. The van der Waals surface area contributed by atoms with Gasteiger partial charge in [0.25, 0.3) is 5.91 Å². The molecule has 44 heavy (non-hydrogen) atoms. The smallest absolute Gasteiger partial charge is 0.250 e. The van der Waals surface area contributed by atoms with E-state index in [1.165, 1.54) is 0 Å². The molecule has 1 spiro atoms. The Morgan fingerprint density at radius 3 is 2.52 bits per heavy atom. The summed E-state index contributed by atoms with van der Waals surface area (Å²) in [7, 11) is 6.76. The number of carbonyl (C=O) groups is 1. The molecule has 0 radical (unpaired) electrons. The lowest BCUT2D eigenvalue weighted by Crippen LogP contribution is -2.43. The molecule has 3 rings (SSSR count). The number of amides is 1. The van der Waals surface area contributed by atoms with Crippen LogP contribution in [0.25, 0.3) is 0 Å². The van der Waals surface area contributed by atoms with Gasteiger partial charge in [-0.05, 0) is 55.9 Å².